The van der Waals surface area contributed by atoms with Crippen molar-refractivity contribution in [3.05, 3.63) is 17.7 Å². The zero-order chi connectivity index (χ0) is 14.6. The number of pyridine rings is 1. The third-order valence-electron chi connectivity index (χ3n) is 3.10. The van der Waals surface area contributed by atoms with E-state index in [1.165, 1.54) is 0 Å². The van der Waals surface area contributed by atoms with Gasteiger partial charge < -0.3 is 15.5 Å². The number of hydrazine groups is 1. The molecule has 1 unspecified atom stereocenters. The SMILES string of the molecule is NNc1cc(C(F)(F)F)cc(NCCC2CCCO2)n1. The number of nitrogens with two attached hydrogens (primary N) is 1. The van der Waals surface area contributed by atoms with Crippen LogP contribution in [0.4, 0.5) is 24.8 Å². The Morgan fingerprint density at radius 1 is 1.35 bits per heavy atom. The van der Waals surface area contributed by atoms with Crippen molar-refractivity contribution < 1.29 is 17.9 Å². The summed E-state index contributed by atoms with van der Waals surface area (Å²) < 4.78 is 43.6. The largest absolute Gasteiger partial charge is 0.416 e. The summed E-state index contributed by atoms with van der Waals surface area (Å²) in [5.74, 6) is 5.25. The van der Waals surface area contributed by atoms with Gasteiger partial charge in [0, 0.05) is 13.2 Å². The Balaban J connectivity index is 1.98. The van der Waals surface area contributed by atoms with Crippen molar-refractivity contribution in [3.8, 4) is 0 Å². The summed E-state index contributed by atoms with van der Waals surface area (Å²) in [4.78, 5) is 3.94. The maximum atomic E-state index is 12.7. The van der Waals surface area contributed by atoms with Crippen LogP contribution in [0.5, 0.6) is 0 Å². The third-order valence-corrected chi connectivity index (χ3v) is 3.10. The predicted octanol–water partition coefficient (Wildman–Crippen LogP) is 2.37. The molecule has 1 aromatic rings. The number of rotatable bonds is 5. The van der Waals surface area contributed by atoms with E-state index in [1.54, 1.807) is 0 Å². The van der Waals surface area contributed by atoms with Crippen LogP contribution in [0.25, 0.3) is 0 Å². The van der Waals surface area contributed by atoms with Gasteiger partial charge in [-0.15, -0.1) is 0 Å². The van der Waals surface area contributed by atoms with Gasteiger partial charge in [0.25, 0.3) is 0 Å². The Bertz CT molecular complexity index is 447. The molecule has 1 saturated heterocycles. The molecule has 1 atom stereocenters. The van der Waals surface area contributed by atoms with Gasteiger partial charge >= 0.3 is 6.18 Å². The highest BCUT2D eigenvalue weighted by atomic mass is 19.4. The smallest absolute Gasteiger partial charge is 0.378 e. The minimum atomic E-state index is -4.43. The fourth-order valence-electron chi connectivity index (χ4n) is 2.09. The van der Waals surface area contributed by atoms with Gasteiger partial charge in [-0.1, -0.05) is 0 Å². The summed E-state index contributed by atoms with van der Waals surface area (Å²) in [6.45, 7) is 1.26. The number of nitrogens with one attached hydrogen (secondary N) is 2. The highest BCUT2D eigenvalue weighted by Crippen LogP contribution is 2.31. The second-order valence-corrected chi connectivity index (χ2v) is 4.62. The lowest BCUT2D eigenvalue weighted by atomic mass is 10.2. The first-order valence-electron chi connectivity index (χ1n) is 6.40. The molecule has 0 aromatic carbocycles. The van der Waals surface area contributed by atoms with Crippen LogP contribution in [0.1, 0.15) is 24.8 Å². The van der Waals surface area contributed by atoms with Crippen LogP contribution < -0.4 is 16.6 Å². The standard InChI is InChI=1S/C12H17F3N4O/c13-12(14,15)8-6-10(18-11(7-8)19-16)17-4-3-9-2-1-5-20-9/h6-7,9H,1-5,16H2,(H2,17,18,19). The topological polar surface area (TPSA) is 72.2 Å². The van der Waals surface area contributed by atoms with Crippen LogP contribution in [0.15, 0.2) is 12.1 Å². The molecule has 112 valence electrons. The predicted molar refractivity (Wildman–Crippen MR) is 69.1 cm³/mol. The van der Waals surface area contributed by atoms with Crippen molar-refractivity contribution in [2.75, 3.05) is 23.9 Å². The number of hydrogen-bond donors (Lipinski definition) is 3. The lowest BCUT2D eigenvalue weighted by molar-refractivity contribution is -0.137. The average molecular weight is 290 g/mol. The van der Waals surface area contributed by atoms with E-state index in [-0.39, 0.29) is 17.7 Å². The summed E-state index contributed by atoms with van der Waals surface area (Å²) in [5, 5.41) is 2.87. The maximum absolute atomic E-state index is 12.7. The van der Waals surface area contributed by atoms with E-state index < -0.39 is 11.7 Å². The Hall–Kier alpha value is -1.54. The van der Waals surface area contributed by atoms with Crippen LogP contribution in [-0.4, -0.2) is 24.2 Å². The van der Waals surface area contributed by atoms with Crippen LogP contribution in [0, 0.1) is 0 Å². The number of hydrogen-bond acceptors (Lipinski definition) is 5. The molecular formula is C12H17F3N4O. The minimum Gasteiger partial charge on any atom is -0.378 e. The third kappa shape index (κ3) is 3.97. The molecule has 2 rings (SSSR count). The van der Waals surface area contributed by atoms with Crippen LogP contribution in [-0.2, 0) is 10.9 Å². The van der Waals surface area contributed by atoms with Crippen molar-refractivity contribution in [2.45, 2.75) is 31.5 Å². The molecule has 0 spiro atoms. The molecule has 0 radical (unpaired) electrons. The first-order valence-corrected chi connectivity index (χ1v) is 6.40. The normalized spacial score (nSPS) is 19.1. The fourth-order valence-corrected chi connectivity index (χ4v) is 2.09. The van der Waals surface area contributed by atoms with Crippen molar-refractivity contribution in [2.24, 2.45) is 5.84 Å². The highest BCUT2D eigenvalue weighted by molar-refractivity contribution is 5.49. The van der Waals surface area contributed by atoms with E-state index in [1.807, 2.05) is 0 Å². The summed E-state index contributed by atoms with van der Waals surface area (Å²) in [7, 11) is 0. The summed E-state index contributed by atoms with van der Waals surface area (Å²) >= 11 is 0. The molecule has 4 N–H and O–H groups in total. The Morgan fingerprint density at radius 2 is 2.10 bits per heavy atom. The van der Waals surface area contributed by atoms with Gasteiger partial charge in [-0.05, 0) is 31.4 Å². The van der Waals surface area contributed by atoms with Gasteiger partial charge in [-0.3, -0.25) is 0 Å². The molecule has 1 aromatic heterocycles. The van der Waals surface area contributed by atoms with E-state index in [0.29, 0.717) is 6.54 Å². The minimum absolute atomic E-state index is 0.0283. The lowest BCUT2D eigenvalue weighted by Crippen LogP contribution is -2.16. The number of halogens is 3. The van der Waals surface area contributed by atoms with E-state index in [4.69, 9.17) is 10.6 Å². The quantitative estimate of drug-likeness (QED) is 0.573. The average Bonchev–Trinajstić information content (AvgIpc) is 2.90. The van der Waals surface area contributed by atoms with Gasteiger partial charge in [0.2, 0.25) is 0 Å². The summed E-state index contributed by atoms with van der Waals surface area (Å²) in [6, 6.07) is 1.83. The molecule has 0 aliphatic carbocycles. The molecule has 20 heavy (non-hydrogen) atoms. The fraction of sp³-hybridized carbons (Fsp3) is 0.583. The molecule has 0 amide bonds. The molecule has 1 fully saturated rings. The number of alkyl halides is 3. The van der Waals surface area contributed by atoms with Crippen LogP contribution in [0.3, 0.4) is 0 Å². The summed E-state index contributed by atoms with van der Waals surface area (Å²) in [6.07, 6.45) is -1.48. The number of aromatic nitrogens is 1. The molecule has 1 aliphatic rings. The van der Waals surface area contributed by atoms with Gasteiger partial charge in [0.15, 0.2) is 0 Å². The van der Waals surface area contributed by atoms with Gasteiger partial charge in [-0.2, -0.15) is 13.2 Å². The molecule has 1 aliphatic heterocycles. The van der Waals surface area contributed by atoms with Crippen molar-refractivity contribution in [3.63, 3.8) is 0 Å². The van der Waals surface area contributed by atoms with E-state index >= 15 is 0 Å². The van der Waals surface area contributed by atoms with E-state index in [9.17, 15) is 13.2 Å². The van der Waals surface area contributed by atoms with Crippen molar-refractivity contribution in [1.82, 2.24) is 4.98 Å². The van der Waals surface area contributed by atoms with E-state index in [0.717, 1.165) is 38.0 Å². The van der Waals surface area contributed by atoms with Crippen molar-refractivity contribution in [1.29, 1.82) is 0 Å². The molecule has 5 nitrogen and oxygen atoms in total. The zero-order valence-electron chi connectivity index (χ0n) is 10.8. The first-order chi connectivity index (χ1) is 9.49. The zero-order valence-corrected chi connectivity index (χ0v) is 10.8. The van der Waals surface area contributed by atoms with Gasteiger partial charge in [0.05, 0.1) is 11.7 Å². The monoisotopic (exact) mass is 290 g/mol. The second kappa shape index (κ2) is 6.27. The Morgan fingerprint density at radius 3 is 2.70 bits per heavy atom. The molecule has 0 saturated carbocycles. The Labute approximate surface area is 114 Å². The van der Waals surface area contributed by atoms with Crippen LogP contribution >= 0.6 is 0 Å². The van der Waals surface area contributed by atoms with Gasteiger partial charge in [-0.25, -0.2) is 10.8 Å². The molecule has 0 bridgehead atoms. The molecule has 8 heteroatoms. The maximum Gasteiger partial charge on any atom is 0.416 e. The van der Waals surface area contributed by atoms with Crippen molar-refractivity contribution >= 4 is 11.6 Å². The number of nitrogens with zero attached hydrogens (tertiary/aromatic N) is 1. The number of nitrogen functional groups attached to an aromatic ring is 1. The lowest BCUT2D eigenvalue weighted by Gasteiger charge is -2.13. The Kier molecular flexibility index (Phi) is 4.66. The highest BCUT2D eigenvalue weighted by Gasteiger charge is 2.31. The van der Waals surface area contributed by atoms with Gasteiger partial charge in [0.1, 0.15) is 11.6 Å². The number of anilines is 2. The van der Waals surface area contributed by atoms with E-state index in [2.05, 4.69) is 15.7 Å². The molecule has 2 heterocycles. The second-order valence-electron chi connectivity index (χ2n) is 4.62. The van der Waals surface area contributed by atoms with Crippen LogP contribution in [0.2, 0.25) is 0 Å². The first kappa shape index (κ1) is 14.9. The summed E-state index contributed by atoms with van der Waals surface area (Å²) in [5.41, 5.74) is 1.34. The molecular weight excluding hydrogens is 273 g/mol. The number of ether oxygens (including phenoxy) is 1.